The molecular weight excluding hydrogens is 442 g/mol. The van der Waals surface area contributed by atoms with E-state index < -0.39 is 10.0 Å². The van der Waals surface area contributed by atoms with Crippen molar-refractivity contribution >= 4 is 58.9 Å². The lowest BCUT2D eigenvalue weighted by molar-refractivity contribution is 0.462. The molecule has 21 heavy (non-hydrogen) atoms. The molecule has 0 amide bonds. The van der Waals surface area contributed by atoms with Crippen molar-refractivity contribution in [2.75, 3.05) is 12.8 Å². The van der Waals surface area contributed by atoms with E-state index in [4.69, 9.17) is 5.73 Å². The molecule has 114 valence electrons. The molecule has 0 aliphatic carbocycles. The minimum atomic E-state index is -3.66. The average Bonchev–Trinajstić information content (AvgIpc) is 2.72. The van der Waals surface area contributed by atoms with Gasteiger partial charge in [0.15, 0.2) is 0 Å². The largest absolute Gasteiger partial charge is 0.399 e. The van der Waals surface area contributed by atoms with Crippen LogP contribution >= 0.6 is 43.2 Å². The number of hydrogen-bond acceptors (Lipinski definition) is 5. The molecular formula is C12H13Br2N3O2S2. The third-order valence-corrected chi connectivity index (χ3v) is 7.24. The Hall–Kier alpha value is -0.480. The second kappa shape index (κ2) is 6.33. The smallest absolute Gasteiger partial charge is 0.245 e. The van der Waals surface area contributed by atoms with Crippen LogP contribution in [0.5, 0.6) is 0 Å². The van der Waals surface area contributed by atoms with E-state index in [0.717, 1.165) is 10.7 Å². The SMILES string of the molecule is Cc1nc(CN(C)S(=O)(=O)c2c(Br)cc(N)cc2Br)cs1. The van der Waals surface area contributed by atoms with E-state index in [9.17, 15) is 8.42 Å². The lowest BCUT2D eigenvalue weighted by Crippen LogP contribution is -2.27. The molecule has 0 saturated carbocycles. The number of rotatable bonds is 4. The molecule has 0 atom stereocenters. The van der Waals surface area contributed by atoms with Crippen LogP contribution in [0, 0.1) is 6.92 Å². The number of aromatic nitrogens is 1. The van der Waals surface area contributed by atoms with Gasteiger partial charge in [-0.2, -0.15) is 4.31 Å². The monoisotopic (exact) mass is 453 g/mol. The molecule has 2 N–H and O–H groups in total. The molecule has 2 aromatic rings. The van der Waals surface area contributed by atoms with Gasteiger partial charge in [-0.15, -0.1) is 11.3 Å². The average molecular weight is 455 g/mol. The van der Waals surface area contributed by atoms with Gasteiger partial charge in [0.05, 0.1) is 17.2 Å². The lowest BCUT2D eigenvalue weighted by atomic mass is 10.3. The number of hydrogen-bond donors (Lipinski definition) is 1. The molecule has 5 nitrogen and oxygen atoms in total. The minimum absolute atomic E-state index is 0.158. The summed E-state index contributed by atoms with van der Waals surface area (Å²) < 4.78 is 27.5. The molecule has 0 aliphatic rings. The van der Waals surface area contributed by atoms with Crippen LogP contribution in [0.25, 0.3) is 0 Å². The predicted molar refractivity (Wildman–Crippen MR) is 91.8 cm³/mol. The van der Waals surface area contributed by atoms with E-state index in [1.807, 2.05) is 12.3 Å². The van der Waals surface area contributed by atoms with Crippen LogP contribution in [-0.4, -0.2) is 24.8 Å². The third-order valence-electron chi connectivity index (χ3n) is 2.74. The quantitative estimate of drug-likeness (QED) is 0.718. The highest BCUT2D eigenvalue weighted by atomic mass is 79.9. The van der Waals surface area contributed by atoms with Gasteiger partial charge in [0.2, 0.25) is 10.0 Å². The summed E-state index contributed by atoms with van der Waals surface area (Å²) in [6.45, 7) is 2.10. The van der Waals surface area contributed by atoms with Crippen molar-refractivity contribution in [3.8, 4) is 0 Å². The van der Waals surface area contributed by atoms with Crippen LogP contribution in [0.1, 0.15) is 10.7 Å². The normalized spacial score (nSPS) is 12.0. The number of nitrogen functional groups attached to an aromatic ring is 1. The highest BCUT2D eigenvalue weighted by molar-refractivity contribution is 9.11. The molecule has 1 aromatic heterocycles. The molecule has 0 radical (unpaired) electrons. The molecule has 0 unspecified atom stereocenters. The predicted octanol–water partition coefficient (Wildman–Crippen LogP) is 3.38. The van der Waals surface area contributed by atoms with Gasteiger partial charge < -0.3 is 5.73 Å². The van der Waals surface area contributed by atoms with Crippen LogP contribution < -0.4 is 5.73 Å². The van der Waals surface area contributed by atoms with Crippen molar-refractivity contribution in [3.05, 3.63) is 37.2 Å². The lowest BCUT2D eigenvalue weighted by Gasteiger charge is -2.18. The third kappa shape index (κ3) is 3.65. The number of benzene rings is 1. The van der Waals surface area contributed by atoms with Crippen molar-refractivity contribution in [2.24, 2.45) is 0 Å². The van der Waals surface area contributed by atoms with Gasteiger partial charge >= 0.3 is 0 Å². The molecule has 0 aliphatic heterocycles. The summed E-state index contributed by atoms with van der Waals surface area (Å²) in [6.07, 6.45) is 0. The zero-order chi connectivity index (χ0) is 15.8. The molecule has 0 fully saturated rings. The van der Waals surface area contributed by atoms with E-state index in [2.05, 4.69) is 36.8 Å². The zero-order valence-electron chi connectivity index (χ0n) is 11.3. The topological polar surface area (TPSA) is 76.3 Å². The fraction of sp³-hybridized carbons (Fsp3) is 0.250. The Balaban J connectivity index is 2.38. The van der Waals surface area contributed by atoms with Crippen LogP contribution in [0.15, 0.2) is 31.4 Å². The Morgan fingerprint density at radius 1 is 1.33 bits per heavy atom. The van der Waals surface area contributed by atoms with Gasteiger partial charge in [0, 0.05) is 27.1 Å². The number of nitrogens with two attached hydrogens (primary N) is 1. The number of sulfonamides is 1. The second-order valence-corrected chi connectivity index (χ2v) is 9.19. The zero-order valence-corrected chi connectivity index (χ0v) is 16.1. The number of halogens is 2. The van der Waals surface area contributed by atoms with Gasteiger partial charge in [-0.3, -0.25) is 0 Å². The fourth-order valence-corrected chi connectivity index (χ4v) is 6.05. The van der Waals surface area contributed by atoms with Gasteiger partial charge in [-0.05, 0) is 50.9 Å². The van der Waals surface area contributed by atoms with Crippen LogP contribution in [0.2, 0.25) is 0 Å². The summed E-state index contributed by atoms with van der Waals surface area (Å²) in [6, 6.07) is 3.14. The molecule has 1 heterocycles. The van der Waals surface area contributed by atoms with E-state index in [0.29, 0.717) is 14.6 Å². The highest BCUT2D eigenvalue weighted by Gasteiger charge is 2.27. The summed E-state index contributed by atoms with van der Waals surface area (Å²) in [5.41, 5.74) is 6.90. The van der Waals surface area contributed by atoms with E-state index >= 15 is 0 Å². The Labute approximate surface area is 144 Å². The van der Waals surface area contributed by atoms with Crippen molar-refractivity contribution in [1.82, 2.24) is 9.29 Å². The van der Waals surface area contributed by atoms with Gasteiger partial charge in [0.1, 0.15) is 4.90 Å². The first-order valence-corrected chi connectivity index (χ1v) is 9.74. The Kier molecular flexibility index (Phi) is 5.09. The van der Waals surface area contributed by atoms with E-state index in [-0.39, 0.29) is 11.4 Å². The molecule has 0 spiro atoms. The first-order chi connectivity index (χ1) is 9.71. The fourth-order valence-electron chi connectivity index (χ4n) is 1.78. The summed E-state index contributed by atoms with van der Waals surface area (Å²) in [7, 11) is -2.13. The van der Waals surface area contributed by atoms with Crippen molar-refractivity contribution in [3.63, 3.8) is 0 Å². The Bertz CT molecular complexity index is 752. The summed E-state index contributed by atoms with van der Waals surface area (Å²) in [4.78, 5) is 4.44. The Morgan fingerprint density at radius 3 is 2.38 bits per heavy atom. The molecule has 1 aromatic carbocycles. The maximum Gasteiger partial charge on any atom is 0.245 e. The maximum absolute atomic E-state index is 12.7. The second-order valence-electron chi connectivity index (χ2n) is 4.43. The van der Waals surface area contributed by atoms with Gasteiger partial charge in [-0.25, -0.2) is 13.4 Å². The van der Waals surface area contributed by atoms with Crippen LogP contribution in [0.3, 0.4) is 0 Å². The van der Waals surface area contributed by atoms with Crippen molar-refractivity contribution in [2.45, 2.75) is 18.4 Å². The van der Waals surface area contributed by atoms with Crippen molar-refractivity contribution < 1.29 is 8.42 Å². The van der Waals surface area contributed by atoms with Gasteiger partial charge in [0.25, 0.3) is 0 Å². The summed E-state index contributed by atoms with van der Waals surface area (Å²) >= 11 is 8.02. The highest BCUT2D eigenvalue weighted by Crippen LogP contribution is 2.34. The van der Waals surface area contributed by atoms with Crippen LogP contribution in [-0.2, 0) is 16.6 Å². The summed E-state index contributed by atoms with van der Waals surface area (Å²) in [5.74, 6) is 0. The van der Waals surface area contributed by atoms with Gasteiger partial charge in [-0.1, -0.05) is 0 Å². The molecule has 0 saturated heterocycles. The van der Waals surface area contributed by atoms with E-state index in [1.54, 1.807) is 12.1 Å². The minimum Gasteiger partial charge on any atom is -0.399 e. The molecule has 2 rings (SSSR count). The van der Waals surface area contributed by atoms with E-state index in [1.165, 1.54) is 22.7 Å². The van der Waals surface area contributed by atoms with Crippen molar-refractivity contribution in [1.29, 1.82) is 0 Å². The molecule has 0 bridgehead atoms. The number of nitrogens with zero attached hydrogens (tertiary/aromatic N) is 2. The standard InChI is InChI=1S/C12H13Br2N3O2S2/c1-7-16-9(6-20-7)5-17(2)21(18,19)12-10(13)3-8(15)4-11(12)14/h3-4,6H,5,15H2,1-2H3. The maximum atomic E-state index is 12.7. The number of thiazole rings is 1. The first kappa shape index (κ1) is 16.9. The molecule has 9 heteroatoms. The summed E-state index contributed by atoms with van der Waals surface area (Å²) in [5, 5.41) is 2.76. The Morgan fingerprint density at radius 2 is 1.90 bits per heavy atom. The number of aryl methyl sites for hydroxylation is 1. The van der Waals surface area contributed by atoms with Crippen LogP contribution in [0.4, 0.5) is 5.69 Å². The number of anilines is 1. The first-order valence-electron chi connectivity index (χ1n) is 5.83.